The van der Waals surface area contributed by atoms with Gasteiger partial charge < -0.3 is 5.32 Å². The van der Waals surface area contributed by atoms with E-state index >= 15 is 0 Å². The van der Waals surface area contributed by atoms with Gasteiger partial charge in [0.1, 0.15) is 0 Å². The standard InChI is InChI=1S/C18H35NO/c1-2-3-4-5-6-7-8-13-16-18(20)19-17-14-11-9-10-12-15-17/h17H,2-16H2,1H3,(H,19,20). The lowest BCUT2D eigenvalue weighted by molar-refractivity contribution is -0.122. The highest BCUT2D eigenvalue weighted by Gasteiger charge is 2.14. The molecule has 2 heteroatoms. The van der Waals surface area contributed by atoms with Crippen LogP contribution in [0.25, 0.3) is 0 Å². The van der Waals surface area contributed by atoms with E-state index in [0.29, 0.717) is 11.9 Å². The van der Waals surface area contributed by atoms with Crippen molar-refractivity contribution in [3.63, 3.8) is 0 Å². The third-order valence-corrected chi connectivity index (χ3v) is 4.48. The minimum atomic E-state index is 0.294. The molecule has 1 rings (SSSR count). The topological polar surface area (TPSA) is 29.1 Å². The second-order valence-corrected chi connectivity index (χ2v) is 6.48. The summed E-state index contributed by atoms with van der Waals surface area (Å²) < 4.78 is 0. The lowest BCUT2D eigenvalue weighted by Gasteiger charge is -2.16. The first-order chi connectivity index (χ1) is 9.83. The molecule has 0 spiro atoms. The van der Waals surface area contributed by atoms with Crippen molar-refractivity contribution in [2.75, 3.05) is 0 Å². The maximum Gasteiger partial charge on any atom is 0.220 e. The largest absolute Gasteiger partial charge is 0.353 e. The third-order valence-electron chi connectivity index (χ3n) is 4.48. The van der Waals surface area contributed by atoms with Gasteiger partial charge in [-0.2, -0.15) is 0 Å². The van der Waals surface area contributed by atoms with Gasteiger partial charge in [0.2, 0.25) is 5.91 Å². The Morgan fingerprint density at radius 1 is 0.850 bits per heavy atom. The van der Waals surface area contributed by atoms with Gasteiger partial charge in [-0.3, -0.25) is 4.79 Å². The minimum absolute atomic E-state index is 0.294. The third kappa shape index (κ3) is 9.39. The quantitative estimate of drug-likeness (QED) is 0.424. The minimum Gasteiger partial charge on any atom is -0.353 e. The Morgan fingerprint density at radius 2 is 1.40 bits per heavy atom. The average molecular weight is 281 g/mol. The molecule has 0 aromatic rings. The molecule has 0 saturated heterocycles. The van der Waals surface area contributed by atoms with Crippen LogP contribution in [-0.2, 0) is 4.79 Å². The van der Waals surface area contributed by atoms with E-state index in [0.717, 1.165) is 12.8 Å². The van der Waals surface area contributed by atoms with Crippen molar-refractivity contribution >= 4 is 5.91 Å². The van der Waals surface area contributed by atoms with Crippen LogP contribution in [0.15, 0.2) is 0 Å². The van der Waals surface area contributed by atoms with Crippen LogP contribution >= 0.6 is 0 Å². The van der Waals surface area contributed by atoms with Crippen LogP contribution in [0, 0.1) is 0 Å². The number of hydrogen-bond acceptors (Lipinski definition) is 1. The number of nitrogens with one attached hydrogen (secondary N) is 1. The highest BCUT2D eigenvalue weighted by Crippen LogP contribution is 2.17. The fourth-order valence-corrected chi connectivity index (χ4v) is 3.14. The van der Waals surface area contributed by atoms with Crippen LogP contribution < -0.4 is 5.32 Å². The van der Waals surface area contributed by atoms with Gasteiger partial charge >= 0.3 is 0 Å². The van der Waals surface area contributed by atoms with E-state index in [1.54, 1.807) is 0 Å². The second-order valence-electron chi connectivity index (χ2n) is 6.48. The fraction of sp³-hybridized carbons (Fsp3) is 0.944. The summed E-state index contributed by atoms with van der Waals surface area (Å²) in [4.78, 5) is 11.9. The Kier molecular flexibility index (Phi) is 10.7. The van der Waals surface area contributed by atoms with Crippen molar-refractivity contribution in [3.8, 4) is 0 Å². The number of carbonyl (C=O) groups is 1. The molecule has 0 radical (unpaired) electrons. The van der Waals surface area contributed by atoms with E-state index in [-0.39, 0.29) is 0 Å². The summed E-state index contributed by atoms with van der Waals surface area (Å²) in [6.45, 7) is 2.26. The molecule has 0 aliphatic heterocycles. The highest BCUT2D eigenvalue weighted by molar-refractivity contribution is 5.76. The Hall–Kier alpha value is -0.530. The van der Waals surface area contributed by atoms with Gasteiger partial charge in [0, 0.05) is 12.5 Å². The molecule has 1 N–H and O–H groups in total. The predicted octanol–water partition coefficient (Wildman–Crippen LogP) is 5.36. The number of unbranched alkanes of at least 4 members (excludes halogenated alkanes) is 7. The highest BCUT2D eigenvalue weighted by atomic mass is 16.1. The number of hydrogen-bond donors (Lipinski definition) is 1. The van der Waals surface area contributed by atoms with Crippen LogP contribution in [0.4, 0.5) is 0 Å². The first kappa shape index (κ1) is 17.5. The van der Waals surface area contributed by atoms with E-state index in [2.05, 4.69) is 12.2 Å². The summed E-state index contributed by atoms with van der Waals surface area (Å²) in [5.41, 5.74) is 0. The summed E-state index contributed by atoms with van der Waals surface area (Å²) in [6, 6.07) is 0.471. The van der Waals surface area contributed by atoms with Gasteiger partial charge in [0.25, 0.3) is 0 Å². The molecule has 0 heterocycles. The second kappa shape index (κ2) is 12.2. The van der Waals surface area contributed by atoms with Gasteiger partial charge in [-0.15, -0.1) is 0 Å². The zero-order valence-electron chi connectivity index (χ0n) is 13.6. The van der Waals surface area contributed by atoms with Crippen molar-refractivity contribution in [3.05, 3.63) is 0 Å². The molecule has 1 saturated carbocycles. The van der Waals surface area contributed by atoms with Crippen LogP contribution in [0.5, 0.6) is 0 Å². The van der Waals surface area contributed by atoms with Gasteiger partial charge in [-0.1, -0.05) is 77.6 Å². The molecule has 0 aromatic heterocycles. The molecule has 1 aliphatic rings. The summed E-state index contributed by atoms with van der Waals surface area (Å²) in [5.74, 6) is 0.294. The van der Waals surface area contributed by atoms with E-state index in [1.165, 1.54) is 83.5 Å². The fourth-order valence-electron chi connectivity index (χ4n) is 3.14. The molecular weight excluding hydrogens is 246 g/mol. The Morgan fingerprint density at radius 3 is 2.00 bits per heavy atom. The zero-order valence-corrected chi connectivity index (χ0v) is 13.6. The number of carbonyl (C=O) groups excluding carboxylic acids is 1. The first-order valence-electron chi connectivity index (χ1n) is 9.12. The summed E-state index contributed by atoms with van der Waals surface area (Å²) in [7, 11) is 0. The van der Waals surface area contributed by atoms with Crippen LogP contribution in [0.1, 0.15) is 103 Å². The Bertz CT molecular complexity index is 232. The van der Waals surface area contributed by atoms with Crippen molar-refractivity contribution < 1.29 is 4.79 Å². The van der Waals surface area contributed by atoms with E-state index in [1.807, 2.05) is 0 Å². The van der Waals surface area contributed by atoms with Crippen molar-refractivity contribution in [2.24, 2.45) is 0 Å². The maximum atomic E-state index is 11.9. The number of rotatable bonds is 10. The lowest BCUT2D eigenvalue weighted by atomic mass is 10.1. The van der Waals surface area contributed by atoms with Gasteiger partial charge in [0.05, 0.1) is 0 Å². The van der Waals surface area contributed by atoms with Gasteiger partial charge in [-0.25, -0.2) is 0 Å². The smallest absolute Gasteiger partial charge is 0.220 e. The van der Waals surface area contributed by atoms with E-state index < -0.39 is 0 Å². The van der Waals surface area contributed by atoms with Crippen LogP contribution in [0.3, 0.4) is 0 Å². The number of amides is 1. The van der Waals surface area contributed by atoms with E-state index in [4.69, 9.17) is 0 Å². The first-order valence-corrected chi connectivity index (χ1v) is 9.12. The molecule has 118 valence electrons. The average Bonchev–Trinajstić information content (AvgIpc) is 2.70. The lowest BCUT2D eigenvalue weighted by Crippen LogP contribution is -2.34. The maximum absolute atomic E-state index is 11.9. The molecule has 0 atom stereocenters. The molecule has 0 bridgehead atoms. The van der Waals surface area contributed by atoms with Crippen LogP contribution in [-0.4, -0.2) is 11.9 Å². The molecule has 0 aromatic carbocycles. The SMILES string of the molecule is CCCCCCCCCCC(=O)NC1CCCCCC1. The predicted molar refractivity (Wildman–Crippen MR) is 86.9 cm³/mol. The Balaban J connectivity index is 1.91. The summed E-state index contributed by atoms with van der Waals surface area (Å²) in [6.07, 6.45) is 18.9. The monoisotopic (exact) mass is 281 g/mol. The molecule has 0 unspecified atom stereocenters. The molecular formula is C18H35NO. The zero-order chi connectivity index (χ0) is 14.5. The molecule has 2 nitrogen and oxygen atoms in total. The van der Waals surface area contributed by atoms with Crippen LogP contribution in [0.2, 0.25) is 0 Å². The van der Waals surface area contributed by atoms with Crippen molar-refractivity contribution in [2.45, 2.75) is 109 Å². The normalized spacial score (nSPS) is 16.9. The summed E-state index contributed by atoms with van der Waals surface area (Å²) >= 11 is 0. The van der Waals surface area contributed by atoms with Gasteiger partial charge in [-0.05, 0) is 19.3 Å². The summed E-state index contributed by atoms with van der Waals surface area (Å²) in [5, 5.41) is 3.24. The van der Waals surface area contributed by atoms with Crippen molar-refractivity contribution in [1.29, 1.82) is 0 Å². The molecule has 1 amide bonds. The van der Waals surface area contributed by atoms with E-state index in [9.17, 15) is 4.79 Å². The molecule has 20 heavy (non-hydrogen) atoms. The van der Waals surface area contributed by atoms with Gasteiger partial charge in [0.15, 0.2) is 0 Å². The molecule has 1 aliphatic carbocycles. The van der Waals surface area contributed by atoms with Crippen molar-refractivity contribution in [1.82, 2.24) is 5.32 Å². The molecule has 1 fully saturated rings. The Labute approximate surface area is 126 Å².